The van der Waals surface area contributed by atoms with E-state index in [2.05, 4.69) is 43.8 Å². The zero-order valence-electron chi connectivity index (χ0n) is 11.4. The molecule has 5 nitrogen and oxygen atoms in total. The van der Waals surface area contributed by atoms with Crippen LogP contribution in [0, 0.1) is 11.3 Å². The van der Waals surface area contributed by atoms with Gasteiger partial charge in [0.25, 0.3) is 0 Å². The highest BCUT2D eigenvalue weighted by molar-refractivity contribution is 9.10. The van der Waals surface area contributed by atoms with Crippen molar-refractivity contribution in [2.45, 2.75) is 26.2 Å². The van der Waals surface area contributed by atoms with Crippen molar-refractivity contribution in [3.8, 4) is 6.07 Å². The van der Waals surface area contributed by atoms with Crippen LogP contribution in [-0.2, 0) is 11.2 Å². The maximum atomic E-state index is 8.73. The van der Waals surface area contributed by atoms with Crippen molar-refractivity contribution >= 4 is 21.7 Å². The predicted molar refractivity (Wildman–Crippen MR) is 78.0 cm³/mol. The van der Waals surface area contributed by atoms with Crippen LogP contribution < -0.4 is 4.90 Å². The van der Waals surface area contributed by atoms with Crippen molar-refractivity contribution in [2.24, 2.45) is 0 Å². The summed E-state index contributed by atoms with van der Waals surface area (Å²) in [5.41, 5.74) is 0. The molecule has 0 saturated carbocycles. The zero-order valence-corrected chi connectivity index (χ0v) is 13.0. The van der Waals surface area contributed by atoms with Crippen molar-refractivity contribution in [1.29, 1.82) is 5.26 Å². The smallest absolute Gasteiger partial charge is 0.133 e. The molecule has 19 heavy (non-hydrogen) atoms. The third-order valence-corrected chi connectivity index (χ3v) is 2.99. The number of rotatable bonds is 8. The van der Waals surface area contributed by atoms with Gasteiger partial charge in [0.1, 0.15) is 16.2 Å². The van der Waals surface area contributed by atoms with Gasteiger partial charge in [-0.15, -0.1) is 0 Å². The Morgan fingerprint density at radius 2 is 2.21 bits per heavy atom. The topological polar surface area (TPSA) is 62.0 Å². The van der Waals surface area contributed by atoms with Crippen LogP contribution in [0.15, 0.2) is 10.7 Å². The van der Waals surface area contributed by atoms with Crippen molar-refractivity contribution in [2.75, 3.05) is 31.7 Å². The summed E-state index contributed by atoms with van der Waals surface area (Å²) in [4.78, 5) is 11.0. The van der Waals surface area contributed by atoms with E-state index in [1.54, 1.807) is 7.11 Å². The van der Waals surface area contributed by atoms with E-state index in [9.17, 15) is 0 Å². The fourth-order valence-corrected chi connectivity index (χ4v) is 2.09. The molecule has 0 aliphatic heterocycles. The number of anilines is 1. The standard InChI is InChI=1S/C13H19BrN4O/c1-3-5-12-16-11(14)10-13(17-12)18(7-4-6-15)8-9-19-2/h10H,3-5,7-9H2,1-2H3. The molecule has 1 aromatic rings. The zero-order chi connectivity index (χ0) is 14.1. The Hall–Kier alpha value is -1.19. The molecule has 0 saturated heterocycles. The number of halogens is 1. The first kappa shape index (κ1) is 15.9. The van der Waals surface area contributed by atoms with Crippen LogP contribution in [0.25, 0.3) is 0 Å². The van der Waals surface area contributed by atoms with Crippen LogP contribution >= 0.6 is 15.9 Å². The summed E-state index contributed by atoms with van der Waals surface area (Å²) in [6, 6.07) is 4.04. The molecule has 0 atom stereocenters. The van der Waals surface area contributed by atoms with Crippen molar-refractivity contribution in [3.05, 3.63) is 16.5 Å². The van der Waals surface area contributed by atoms with Gasteiger partial charge in [-0.2, -0.15) is 5.26 Å². The number of hydrogen-bond donors (Lipinski definition) is 0. The minimum atomic E-state index is 0.467. The second-order valence-corrected chi connectivity index (χ2v) is 4.92. The van der Waals surface area contributed by atoms with Crippen molar-refractivity contribution < 1.29 is 4.74 Å². The van der Waals surface area contributed by atoms with E-state index < -0.39 is 0 Å². The van der Waals surface area contributed by atoms with Gasteiger partial charge in [0.2, 0.25) is 0 Å². The highest BCUT2D eigenvalue weighted by Crippen LogP contribution is 2.17. The number of hydrogen-bond acceptors (Lipinski definition) is 5. The van der Waals surface area contributed by atoms with Crippen LogP contribution in [0.4, 0.5) is 5.82 Å². The molecule has 0 unspecified atom stereocenters. The largest absolute Gasteiger partial charge is 0.383 e. The molecule has 0 spiro atoms. The Kier molecular flexibility index (Phi) is 7.38. The maximum absolute atomic E-state index is 8.73. The summed E-state index contributed by atoms with van der Waals surface area (Å²) in [5.74, 6) is 1.67. The third-order valence-electron chi connectivity index (χ3n) is 2.58. The molecule has 0 bridgehead atoms. The summed E-state index contributed by atoms with van der Waals surface area (Å²) in [6.07, 6.45) is 2.32. The van der Waals surface area contributed by atoms with Gasteiger partial charge in [-0.25, -0.2) is 9.97 Å². The lowest BCUT2D eigenvalue weighted by Gasteiger charge is -2.22. The lowest BCUT2D eigenvalue weighted by atomic mass is 10.3. The highest BCUT2D eigenvalue weighted by Gasteiger charge is 2.10. The van der Waals surface area contributed by atoms with Crippen LogP contribution in [0.1, 0.15) is 25.6 Å². The van der Waals surface area contributed by atoms with Crippen molar-refractivity contribution in [1.82, 2.24) is 9.97 Å². The van der Waals surface area contributed by atoms with Gasteiger partial charge in [0.15, 0.2) is 0 Å². The van der Waals surface area contributed by atoms with E-state index in [1.807, 2.05) is 6.07 Å². The molecule has 1 aromatic heterocycles. The van der Waals surface area contributed by atoms with Gasteiger partial charge in [0.05, 0.1) is 19.1 Å². The monoisotopic (exact) mass is 326 g/mol. The fraction of sp³-hybridized carbons (Fsp3) is 0.615. The molecule has 0 radical (unpaired) electrons. The molecule has 104 valence electrons. The number of methoxy groups -OCH3 is 1. The Balaban J connectivity index is 2.89. The Labute approximate surface area is 122 Å². The Morgan fingerprint density at radius 3 is 2.84 bits per heavy atom. The van der Waals surface area contributed by atoms with E-state index in [0.717, 1.165) is 29.1 Å². The first-order valence-corrected chi connectivity index (χ1v) is 7.14. The summed E-state index contributed by atoms with van der Waals surface area (Å²) >= 11 is 3.41. The van der Waals surface area contributed by atoms with Crippen LogP contribution in [0.2, 0.25) is 0 Å². The lowest BCUT2D eigenvalue weighted by Crippen LogP contribution is -2.29. The summed E-state index contributed by atoms with van der Waals surface area (Å²) in [6.45, 7) is 4.07. The van der Waals surface area contributed by atoms with Crippen LogP contribution in [0.3, 0.4) is 0 Å². The molecule has 1 heterocycles. The highest BCUT2D eigenvalue weighted by atomic mass is 79.9. The van der Waals surface area contributed by atoms with E-state index in [4.69, 9.17) is 10.00 Å². The first-order valence-electron chi connectivity index (χ1n) is 6.35. The van der Waals surface area contributed by atoms with Gasteiger partial charge in [-0.05, 0) is 22.4 Å². The molecule has 0 aliphatic carbocycles. The SMILES string of the molecule is CCCc1nc(Br)cc(N(CCC#N)CCOC)n1. The van der Waals surface area contributed by atoms with E-state index in [1.165, 1.54) is 0 Å². The number of aromatic nitrogens is 2. The minimum absolute atomic E-state index is 0.467. The van der Waals surface area contributed by atoms with Crippen LogP contribution in [0.5, 0.6) is 0 Å². The van der Waals surface area contributed by atoms with Gasteiger partial charge in [-0.1, -0.05) is 6.92 Å². The summed E-state index contributed by atoms with van der Waals surface area (Å²) < 4.78 is 5.88. The second kappa shape index (κ2) is 8.83. The van der Waals surface area contributed by atoms with Gasteiger partial charge >= 0.3 is 0 Å². The molecular weight excluding hydrogens is 308 g/mol. The Morgan fingerprint density at radius 1 is 1.42 bits per heavy atom. The fourth-order valence-electron chi connectivity index (χ4n) is 1.68. The van der Waals surface area contributed by atoms with E-state index in [-0.39, 0.29) is 0 Å². The second-order valence-electron chi connectivity index (χ2n) is 4.10. The third kappa shape index (κ3) is 5.53. The van der Waals surface area contributed by atoms with Gasteiger partial charge in [-0.3, -0.25) is 0 Å². The number of nitriles is 1. The Bertz CT molecular complexity index is 433. The van der Waals surface area contributed by atoms with Gasteiger partial charge in [0, 0.05) is 32.7 Å². The maximum Gasteiger partial charge on any atom is 0.133 e. The van der Waals surface area contributed by atoms with Gasteiger partial charge < -0.3 is 9.64 Å². The summed E-state index contributed by atoms with van der Waals surface area (Å²) in [7, 11) is 1.67. The van der Waals surface area contributed by atoms with E-state index in [0.29, 0.717) is 26.1 Å². The number of nitrogens with zero attached hydrogens (tertiary/aromatic N) is 4. The first-order chi connectivity index (χ1) is 9.21. The molecular formula is C13H19BrN4O. The molecule has 0 N–H and O–H groups in total. The van der Waals surface area contributed by atoms with E-state index >= 15 is 0 Å². The molecule has 6 heteroatoms. The lowest BCUT2D eigenvalue weighted by molar-refractivity contribution is 0.205. The average molecular weight is 327 g/mol. The number of ether oxygens (including phenoxy) is 1. The van der Waals surface area contributed by atoms with Crippen molar-refractivity contribution in [3.63, 3.8) is 0 Å². The molecule has 0 fully saturated rings. The molecule has 0 amide bonds. The minimum Gasteiger partial charge on any atom is -0.383 e. The summed E-state index contributed by atoms with van der Waals surface area (Å²) in [5, 5.41) is 8.73. The number of aryl methyl sites for hydroxylation is 1. The quantitative estimate of drug-likeness (QED) is 0.687. The van der Waals surface area contributed by atoms with Crippen LogP contribution in [-0.4, -0.2) is 36.8 Å². The molecule has 0 aromatic carbocycles. The normalized spacial score (nSPS) is 10.2. The average Bonchev–Trinajstić information content (AvgIpc) is 2.38. The molecule has 1 rings (SSSR count). The predicted octanol–water partition coefficient (Wildman–Crippen LogP) is 2.56. The molecule has 0 aliphatic rings.